The van der Waals surface area contributed by atoms with Crippen LogP contribution in [0, 0.1) is 5.92 Å². The highest BCUT2D eigenvalue weighted by atomic mass is 16.5. The Bertz CT molecular complexity index is 945. The van der Waals surface area contributed by atoms with Gasteiger partial charge in [0.1, 0.15) is 11.5 Å². The summed E-state index contributed by atoms with van der Waals surface area (Å²) in [7, 11) is 0. The number of ketones is 1. The second-order valence-electron chi connectivity index (χ2n) is 8.15. The van der Waals surface area contributed by atoms with E-state index in [0.717, 1.165) is 44.6 Å². The summed E-state index contributed by atoms with van der Waals surface area (Å²) in [6.45, 7) is 3.06. The normalized spacial score (nSPS) is 22.5. The Kier molecular flexibility index (Phi) is 5.08. The van der Waals surface area contributed by atoms with Gasteiger partial charge in [-0.05, 0) is 49.4 Å². The Hall–Kier alpha value is -3.00. The third kappa shape index (κ3) is 3.63. The molecule has 2 bridgehead atoms. The molecule has 1 N–H and O–H groups in total. The number of rotatable bonds is 4. The molecule has 2 amide bonds. The summed E-state index contributed by atoms with van der Waals surface area (Å²) < 4.78 is 5.50. The van der Waals surface area contributed by atoms with Gasteiger partial charge in [-0.1, -0.05) is 6.07 Å². The smallest absolute Gasteiger partial charge is 0.329 e. The number of amides is 2. The molecule has 5 rings (SSSR count). The number of hydrogen-bond acceptors (Lipinski definition) is 6. The number of aromatic nitrogens is 2. The molecule has 2 atom stereocenters. The van der Waals surface area contributed by atoms with Crippen molar-refractivity contribution in [2.24, 2.45) is 5.92 Å². The van der Waals surface area contributed by atoms with Crippen LogP contribution in [-0.4, -0.2) is 54.1 Å². The molecule has 30 heavy (non-hydrogen) atoms. The molecule has 8 nitrogen and oxygen atoms in total. The summed E-state index contributed by atoms with van der Waals surface area (Å²) in [5, 5.41) is 2.87. The van der Waals surface area contributed by atoms with E-state index in [-0.39, 0.29) is 23.8 Å². The second kappa shape index (κ2) is 8.02. The highest BCUT2D eigenvalue weighted by Gasteiger charge is 2.40. The van der Waals surface area contributed by atoms with Crippen molar-refractivity contribution in [3.05, 3.63) is 42.2 Å². The van der Waals surface area contributed by atoms with Crippen molar-refractivity contribution in [3.63, 3.8) is 0 Å². The van der Waals surface area contributed by atoms with Crippen LogP contribution in [0.1, 0.15) is 36.2 Å². The Morgan fingerprint density at radius 1 is 1.20 bits per heavy atom. The lowest BCUT2D eigenvalue weighted by atomic mass is 9.95. The predicted molar refractivity (Wildman–Crippen MR) is 113 cm³/mol. The molecule has 2 fully saturated rings. The molecule has 2 aromatic heterocycles. The van der Waals surface area contributed by atoms with Crippen LogP contribution >= 0.6 is 0 Å². The van der Waals surface area contributed by atoms with E-state index in [1.165, 1.54) is 0 Å². The molecule has 3 aliphatic rings. The van der Waals surface area contributed by atoms with Crippen molar-refractivity contribution < 1.29 is 14.3 Å². The minimum Gasteiger partial charge on any atom is -0.381 e. The monoisotopic (exact) mass is 407 g/mol. The van der Waals surface area contributed by atoms with Crippen molar-refractivity contribution in [1.82, 2.24) is 9.97 Å². The zero-order chi connectivity index (χ0) is 20.5. The minimum absolute atomic E-state index is 0.00584. The average Bonchev–Trinajstić information content (AvgIpc) is 3.19. The van der Waals surface area contributed by atoms with E-state index >= 15 is 0 Å². The zero-order valence-electron chi connectivity index (χ0n) is 16.8. The van der Waals surface area contributed by atoms with Gasteiger partial charge in [-0.2, -0.15) is 0 Å². The SMILES string of the molecule is O=C(CC1CCCOC1)c1ccc2c(n1)N(C(=O)Nc1ccccn1)[C@H]1CCN2C1. The first kappa shape index (κ1) is 19.0. The maximum absolute atomic E-state index is 13.1. The summed E-state index contributed by atoms with van der Waals surface area (Å²) in [5.41, 5.74) is 1.31. The Balaban J connectivity index is 1.41. The number of hydrogen-bond donors (Lipinski definition) is 1. The van der Waals surface area contributed by atoms with Gasteiger partial charge in [-0.15, -0.1) is 0 Å². The van der Waals surface area contributed by atoms with E-state index in [9.17, 15) is 9.59 Å². The Labute approximate surface area is 175 Å². The van der Waals surface area contributed by atoms with Crippen LogP contribution in [0.25, 0.3) is 0 Å². The van der Waals surface area contributed by atoms with Gasteiger partial charge >= 0.3 is 6.03 Å². The third-order valence-electron chi connectivity index (χ3n) is 6.08. The van der Waals surface area contributed by atoms with E-state index in [2.05, 4.69) is 20.2 Å². The Morgan fingerprint density at radius 2 is 2.13 bits per heavy atom. The number of anilines is 3. The fourth-order valence-electron chi connectivity index (χ4n) is 4.57. The molecule has 156 valence electrons. The van der Waals surface area contributed by atoms with Crippen LogP contribution < -0.4 is 15.1 Å². The maximum atomic E-state index is 13.1. The average molecular weight is 407 g/mol. The largest absolute Gasteiger partial charge is 0.381 e. The number of Topliss-reactive ketones (excluding diaryl/α,β-unsaturated/α-hetero) is 1. The van der Waals surface area contributed by atoms with Gasteiger partial charge in [0.15, 0.2) is 11.6 Å². The van der Waals surface area contributed by atoms with E-state index < -0.39 is 0 Å². The number of ether oxygens (including phenoxy) is 1. The molecule has 0 aliphatic carbocycles. The van der Waals surface area contributed by atoms with Crippen LogP contribution in [0.3, 0.4) is 0 Å². The summed E-state index contributed by atoms with van der Waals surface area (Å²) in [5.74, 6) is 1.30. The first-order valence-electron chi connectivity index (χ1n) is 10.6. The molecule has 0 radical (unpaired) electrons. The molecule has 2 saturated heterocycles. The third-order valence-corrected chi connectivity index (χ3v) is 6.08. The lowest BCUT2D eigenvalue weighted by Gasteiger charge is -2.35. The van der Waals surface area contributed by atoms with Gasteiger partial charge in [-0.3, -0.25) is 15.0 Å². The number of carbonyl (C=O) groups is 2. The molecule has 0 spiro atoms. The second-order valence-corrected chi connectivity index (χ2v) is 8.15. The molecule has 1 unspecified atom stereocenters. The van der Waals surface area contributed by atoms with E-state index in [1.54, 1.807) is 29.3 Å². The first-order valence-corrected chi connectivity index (χ1v) is 10.6. The van der Waals surface area contributed by atoms with E-state index in [4.69, 9.17) is 4.74 Å². The number of urea groups is 1. The highest BCUT2D eigenvalue weighted by molar-refractivity contribution is 6.05. The zero-order valence-corrected chi connectivity index (χ0v) is 16.8. The number of fused-ring (bicyclic) bond motifs is 4. The summed E-state index contributed by atoms with van der Waals surface area (Å²) >= 11 is 0. The van der Waals surface area contributed by atoms with Crippen LogP contribution in [0.5, 0.6) is 0 Å². The summed E-state index contributed by atoms with van der Waals surface area (Å²) in [6, 6.07) is 8.87. The van der Waals surface area contributed by atoms with Crippen LogP contribution in [0.2, 0.25) is 0 Å². The number of nitrogens with zero attached hydrogens (tertiary/aromatic N) is 4. The van der Waals surface area contributed by atoms with E-state index in [0.29, 0.717) is 30.4 Å². The number of carbonyl (C=O) groups excluding carboxylic acids is 2. The van der Waals surface area contributed by atoms with Gasteiger partial charge < -0.3 is 9.64 Å². The molecule has 2 aromatic rings. The summed E-state index contributed by atoms with van der Waals surface area (Å²) in [4.78, 5) is 38.8. The minimum atomic E-state index is -0.265. The highest BCUT2D eigenvalue weighted by Crippen LogP contribution is 2.39. The van der Waals surface area contributed by atoms with Crippen LogP contribution in [0.4, 0.5) is 22.1 Å². The molecular formula is C22H25N5O3. The predicted octanol–water partition coefficient (Wildman–Crippen LogP) is 3.11. The lowest BCUT2D eigenvalue weighted by molar-refractivity contribution is 0.0487. The maximum Gasteiger partial charge on any atom is 0.329 e. The van der Waals surface area contributed by atoms with Gasteiger partial charge in [-0.25, -0.2) is 14.8 Å². The quantitative estimate of drug-likeness (QED) is 0.784. The van der Waals surface area contributed by atoms with Gasteiger partial charge in [0, 0.05) is 38.9 Å². The van der Waals surface area contributed by atoms with Crippen molar-refractivity contribution >= 4 is 29.1 Å². The molecule has 8 heteroatoms. The van der Waals surface area contributed by atoms with Crippen LogP contribution in [-0.2, 0) is 4.74 Å². The standard InChI is InChI=1S/C22H25N5O3/c28-19(12-15-4-3-11-30-14-15)17-6-7-18-21(24-17)27(16-8-10-26(18)13-16)22(29)25-20-5-1-2-9-23-20/h1-2,5-7,9,15-16H,3-4,8,10-14H2,(H,23,25,29)/t15?,16-/m0/s1. The van der Waals surface area contributed by atoms with Crippen LogP contribution in [0.15, 0.2) is 36.5 Å². The lowest BCUT2D eigenvalue weighted by Crippen LogP contribution is -2.48. The topological polar surface area (TPSA) is 87.7 Å². The first-order chi connectivity index (χ1) is 14.7. The molecule has 3 aliphatic heterocycles. The van der Waals surface area contributed by atoms with Gasteiger partial charge in [0.2, 0.25) is 0 Å². The van der Waals surface area contributed by atoms with Crippen molar-refractivity contribution in [3.8, 4) is 0 Å². The van der Waals surface area contributed by atoms with Crippen molar-refractivity contribution in [2.75, 3.05) is 41.4 Å². The van der Waals surface area contributed by atoms with E-state index in [1.807, 2.05) is 12.1 Å². The summed E-state index contributed by atoms with van der Waals surface area (Å²) in [6.07, 6.45) is 4.94. The fraction of sp³-hybridized carbons (Fsp3) is 0.455. The van der Waals surface area contributed by atoms with Crippen molar-refractivity contribution in [2.45, 2.75) is 31.7 Å². The number of pyridine rings is 2. The fourth-order valence-corrected chi connectivity index (χ4v) is 4.57. The molecular weight excluding hydrogens is 382 g/mol. The number of nitrogens with one attached hydrogen (secondary N) is 1. The molecule has 0 saturated carbocycles. The van der Waals surface area contributed by atoms with Gasteiger partial charge in [0.05, 0.1) is 11.7 Å². The molecule has 0 aromatic carbocycles. The molecule has 5 heterocycles. The van der Waals surface area contributed by atoms with Gasteiger partial charge in [0.25, 0.3) is 0 Å². The van der Waals surface area contributed by atoms with Crippen molar-refractivity contribution in [1.29, 1.82) is 0 Å². The Morgan fingerprint density at radius 3 is 2.93 bits per heavy atom.